The summed E-state index contributed by atoms with van der Waals surface area (Å²) in [5.41, 5.74) is 1.06. The van der Waals surface area contributed by atoms with Crippen molar-refractivity contribution in [1.29, 1.82) is 0 Å². The maximum Gasteiger partial charge on any atom is 0.348 e. The van der Waals surface area contributed by atoms with Crippen LogP contribution in [0.4, 0.5) is 0 Å². The number of esters is 1. The SMILES string of the molecule is CCOC(=O)c1sc(Br)cc1C(C)C. The predicted molar refractivity (Wildman–Crippen MR) is 62.1 cm³/mol. The summed E-state index contributed by atoms with van der Waals surface area (Å²) in [7, 11) is 0. The largest absolute Gasteiger partial charge is 0.462 e. The van der Waals surface area contributed by atoms with Gasteiger partial charge in [-0.1, -0.05) is 13.8 Å². The maximum absolute atomic E-state index is 11.6. The number of halogens is 1. The van der Waals surface area contributed by atoms with Crippen LogP contribution in [0.2, 0.25) is 0 Å². The summed E-state index contributed by atoms with van der Waals surface area (Å²) < 4.78 is 5.96. The second-order valence-corrected chi connectivity index (χ2v) is 5.64. The highest BCUT2D eigenvalue weighted by molar-refractivity contribution is 9.11. The molecule has 4 heteroatoms. The molecule has 0 radical (unpaired) electrons. The molecule has 0 spiro atoms. The lowest BCUT2D eigenvalue weighted by molar-refractivity contribution is 0.0530. The van der Waals surface area contributed by atoms with Crippen molar-refractivity contribution >= 4 is 33.2 Å². The first-order chi connectivity index (χ1) is 6.56. The van der Waals surface area contributed by atoms with Gasteiger partial charge >= 0.3 is 5.97 Å². The van der Waals surface area contributed by atoms with Gasteiger partial charge in [0.25, 0.3) is 0 Å². The van der Waals surface area contributed by atoms with Crippen molar-refractivity contribution in [1.82, 2.24) is 0 Å². The Bertz CT molecular complexity index is 331. The normalized spacial score (nSPS) is 10.6. The Morgan fingerprint density at radius 1 is 1.64 bits per heavy atom. The Morgan fingerprint density at radius 2 is 2.29 bits per heavy atom. The van der Waals surface area contributed by atoms with Crippen LogP contribution in [0.5, 0.6) is 0 Å². The molecule has 0 aliphatic carbocycles. The Balaban J connectivity index is 3.00. The minimum atomic E-state index is -0.216. The van der Waals surface area contributed by atoms with Gasteiger partial charge in [0.2, 0.25) is 0 Å². The minimum Gasteiger partial charge on any atom is -0.462 e. The first-order valence-electron chi connectivity index (χ1n) is 4.52. The molecule has 1 aromatic heterocycles. The van der Waals surface area contributed by atoms with E-state index in [1.807, 2.05) is 13.0 Å². The van der Waals surface area contributed by atoms with E-state index in [9.17, 15) is 4.79 Å². The van der Waals surface area contributed by atoms with E-state index in [0.717, 1.165) is 9.35 Å². The average Bonchev–Trinajstić information content (AvgIpc) is 2.48. The number of carbonyl (C=O) groups is 1. The van der Waals surface area contributed by atoms with Gasteiger partial charge in [0.15, 0.2) is 0 Å². The highest BCUT2D eigenvalue weighted by Gasteiger charge is 2.18. The molecular formula is C10H13BrO2S. The molecule has 0 aliphatic heterocycles. The molecule has 1 heterocycles. The molecule has 1 aromatic rings. The summed E-state index contributed by atoms with van der Waals surface area (Å²) in [5.74, 6) is 0.129. The van der Waals surface area contributed by atoms with Gasteiger partial charge in [-0.15, -0.1) is 11.3 Å². The van der Waals surface area contributed by atoms with Crippen molar-refractivity contribution in [2.45, 2.75) is 26.7 Å². The van der Waals surface area contributed by atoms with Crippen molar-refractivity contribution in [3.8, 4) is 0 Å². The van der Waals surface area contributed by atoms with E-state index in [1.54, 1.807) is 0 Å². The van der Waals surface area contributed by atoms with E-state index < -0.39 is 0 Å². The third-order valence-electron chi connectivity index (χ3n) is 1.81. The molecule has 0 N–H and O–H groups in total. The molecule has 0 fully saturated rings. The van der Waals surface area contributed by atoms with Gasteiger partial charge in [-0.05, 0) is 40.4 Å². The third kappa shape index (κ3) is 2.58. The number of ether oxygens (including phenoxy) is 1. The van der Waals surface area contributed by atoms with Crippen molar-refractivity contribution < 1.29 is 9.53 Å². The third-order valence-corrected chi connectivity index (χ3v) is 3.45. The molecule has 0 saturated carbocycles. The molecule has 0 saturated heterocycles. The maximum atomic E-state index is 11.6. The molecule has 0 atom stereocenters. The topological polar surface area (TPSA) is 26.3 Å². The molecule has 0 unspecified atom stereocenters. The monoisotopic (exact) mass is 276 g/mol. The number of hydrogen-bond donors (Lipinski definition) is 0. The first-order valence-corrected chi connectivity index (χ1v) is 6.13. The lowest BCUT2D eigenvalue weighted by Crippen LogP contribution is -2.05. The zero-order chi connectivity index (χ0) is 10.7. The molecule has 0 bridgehead atoms. The van der Waals surface area contributed by atoms with Crippen LogP contribution in [-0.2, 0) is 4.74 Å². The summed E-state index contributed by atoms with van der Waals surface area (Å²) in [6.07, 6.45) is 0. The zero-order valence-electron chi connectivity index (χ0n) is 8.46. The quantitative estimate of drug-likeness (QED) is 0.785. The van der Waals surface area contributed by atoms with Crippen molar-refractivity contribution in [3.63, 3.8) is 0 Å². The van der Waals surface area contributed by atoms with E-state index in [1.165, 1.54) is 11.3 Å². The highest BCUT2D eigenvalue weighted by Crippen LogP contribution is 2.32. The Morgan fingerprint density at radius 3 is 2.79 bits per heavy atom. The van der Waals surface area contributed by atoms with Crippen LogP contribution in [0.15, 0.2) is 9.85 Å². The van der Waals surface area contributed by atoms with Crippen LogP contribution in [-0.4, -0.2) is 12.6 Å². The van der Waals surface area contributed by atoms with E-state index in [2.05, 4.69) is 29.8 Å². The summed E-state index contributed by atoms with van der Waals surface area (Å²) in [4.78, 5) is 12.3. The second kappa shape index (κ2) is 4.94. The second-order valence-electron chi connectivity index (χ2n) is 3.21. The smallest absolute Gasteiger partial charge is 0.348 e. The van der Waals surface area contributed by atoms with Crippen LogP contribution >= 0.6 is 27.3 Å². The van der Waals surface area contributed by atoms with E-state index in [-0.39, 0.29) is 5.97 Å². The molecule has 14 heavy (non-hydrogen) atoms. The van der Waals surface area contributed by atoms with Crippen molar-refractivity contribution in [2.75, 3.05) is 6.61 Å². The number of thiophene rings is 1. The van der Waals surface area contributed by atoms with Crippen LogP contribution < -0.4 is 0 Å². The fourth-order valence-corrected chi connectivity index (χ4v) is 2.83. The molecule has 2 nitrogen and oxygen atoms in total. The summed E-state index contributed by atoms with van der Waals surface area (Å²) in [6.45, 7) is 6.37. The van der Waals surface area contributed by atoms with Crippen LogP contribution in [0, 0.1) is 0 Å². The van der Waals surface area contributed by atoms with Gasteiger partial charge in [-0.3, -0.25) is 0 Å². The van der Waals surface area contributed by atoms with Crippen molar-refractivity contribution in [2.24, 2.45) is 0 Å². The molecule has 0 aromatic carbocycles. The van der Waals surface area contributed by atoms with E-state index in [4.69, 9.17) is 4.74 Å². The van der Waals surface area contributed by atoms with E-state index >= 15 is 0 Å². The molecule has 0 aliphatic rings. The molecule has 0 amide bonds. The van der Waals surface area contributed by atoms with Crippen LogP contribution in [0.25, 0.3) is 0 Å². The van der Waals surface area contributed by atoms with Gasteiger partial charge in [0, 0.05) is 0 Å². The Hall–Kier alpha value is -0.350. The first kappa shape index (κ1) is 11.7. The lowest BCUT2D eigenvalue weighted by Gasteiger charge is -2.05. The molecular weight excluding hydrogens is 264 g/mol. The summed E-state index contributed by atoms with van der Waals surface area (Å²) in [5, 5.41) is 0. The number of hydrogen-bond acceptors (Lipinski definition) is 3. The fourth-order valence-electron chi connectivity index (χ4n) is 1.16. The summed E-state index contributed by atoms with van der Waals surface area (Å²) in [6, 6.07) is 1.99. The van der Waals surface area contributed by atoms with Gasteiger partial charge in [-0.25, -0.2) is 4.79 Å². The summed E-state index contributed by atoms with van der Waals surface area (Å²) >= 11 is 4.81. The van der Waals surface area contributed by atoms with Crippen molar-refractivity contribution in [3.05, 3.63) is 20.3 Å². The van der Waals surface area contributed by atoms with Crippen LogP contribution in [0.3, 0.4) is 0 Å². The average molecular weight is 277 g/mol. The number of rotatable bonds is 3. The van der Waals surface area contributed by atoms with Gasteiger partial charge in [0.1, 0.15) is 4.88 Å². The molecule has 78 valence electrons. The standard InChI is InChI=1S/C10H13BrO2S/c1-4-13-10(12)9-7(6(2)3)5-8(11)14-9/h5-6H,4H2,1-3H3. The van der Waals surface area contributed by atoms with Crippen LogP contribution in [0.1, 0.15) is 41.9 Å². The Labute approximate surface area is 96.4 Å². The van der Waals surface area contributed by atoms with Gasteiger partial charge in [-0.2, -0.15) is 0 Å². The molecule has 1 rings (SSSR count). The van der Waals surface area contributed by atoms with E-state index in [0.29, 0.717) is 17.4 Å². The minimum absolute atomic E-state index is 0.216. The zero-order valence-corrected chi connectivity index (χ0v) is 10.9. The number of carbonyl (C=O) groups excluding carboxylic acids is 1. The van der Waals surface area contributed by atoms with Gasteiger partial charge < -0.3 is 4.74 Å². The fraction of sp³-hybridized carbons (Fsp3) is 0.500. The predicted octanol–water partition coefficient (Wildman–Crippen LogP) is 3.81. The highest BCUT2D eigenvalue weighted by atomic mass is 79.9. The lowest BCUT2D eigenvalue weighted by atomic mass is 10.0. The van der Waals surface area contributed by atoms with Gasteiger partial charge in [0.05, 0.1) is 10.4 Å². The Kier molecular flexibility index (Phi) is 4.13.